The van der Waals surface area contributed by atoms with Crippen molar-refractivity contribution in [1.29, 1.82) is 0 Å². The minimum absolute atomic E-state index is 0. The van der Waals surface area contributed by atoms with Crippen molar-refractivity contribution in [3.05, 3.63) is 461 Å². The Morgan fingerprint density at radius 2 is 0.387 bits per heavy atom. The Hall–Kier alpha value is -10.5. The first-order valence-corrected chi connectivity index (χ1v) is 47.4. The van der Waals surface area contributed by atoms with E-state index in [0.717, 1.165) is 71.7 Å². The van der Waals surface area contributed by atoms with E-state index < -0.39 is 122 Å². The van der Waals surface area contributed by atoms with Gasteiger partial charge in [0.1, 0.15) is 103 Å². The lowest BCUT2D eigenvalue weighted by atomic mass is 9.95. The molecule has 0 amide bonds. The molecule has 8 unspecified atom stereocenters. The summed E-state index contributed by atoms with van der Waals surface area (Å²) < 4.78 is 142. The summed E-state index contributed by atoms with van der Waals surface area (Å²) in [5, 5.41) is 13.9. The van der Waals surface area contributed by atoms with Crippen LogP contribution >= 0.6 is 11.8 Å². The lowest BCUT2D eigenvalue weighted by molar-refractivity contribution is -0.410. The highest BCUT2D eigenvalue weighted by molar-refractivity contribution is 7.99. The number of aliphatic hydroxyl groups is 1. The Morgan fingerprint density at radius 3 is 0.642 bits per heavy atom. The molecule has 0 aliphatic carbocycles. The Balaban J connectivity index is 0.00000507. The number of rotatable bonds is 48. The second-order valence-corrected chi connectivity index (χ2v) is 35.2. The van der Waals surface area contributed by atoms with Crippen molar-refractivity contribution in [2.45, 2.75) is 214 Å². The van der Waals surface area contributed by atoms with E-state index in [0.29, 0.717) is 0 Å². The van der Waals surface area contributed by atoms with Gasteiger partial charge in [0.15, 0.2) is 18.9 Å². The highest BCUT2D eigenvalue weighted by Crippen LogP contribution is 2.44. The van der Waals surface area contributed by atoms with E-state index in [4.69, 9.17) is 90.0 Å². The molecular weight excluding hydrogens is 1740 g/mol. The molecule has 4 aliphatic rings. The number of ether oxygens (including phenoxy) is 19. The zero-order valence-electron chi connectivity index (χ0n) is 76.1. The third-order valence-corrected chi connectivity index (χ3v) is 25.3. The van der Waals surface area contributed by atoms with E-state index in [1.807, 2.05) is 394 Å². The Bertz CT molecular complexity index is 5450. The van der Waals surface area contributed by atoms with Gasteiger partial charge in [-0.1, -0.05) is 401 Å². The molecule has 4 heterocycles. The van der Waals surface area contributed by atoms with Crippen molar-refractivity contribution in [2.24, 2.45) is 0 Å². The molecule has 4 saturated heterocycles. The van der Waals surface area contributed by atoms with Gasteiger partial charge in [0.2, 0.25) is 0 Å². The number of aliphatic hydroxyl groups excluding tert-OH is 1. The Morgan fingerprint density at radius 1 is 0.204 bits per heavy atom. The smallest absolute Gasteiger partial charge is 0.187 e. The summed E-state index contributed by atoms with van der Waals surface area (Å²) in [5.74, 6) is 0. The van der Waals surface area contributed by atoms with Crippen LogP contribution in [0.4, 0.5) is 0 Å². The Labute approximate surface area is 812 Å². The second kappa shape index (κ2) is 54.2. The minimum atomic E-state index is -1.63. The van der Waals surface area contributed by atoms with Gasteiger partial charge in [-0.3, -0.25) is 0 Å². The molecule has 13 aromatic carbocycles. The van der Waals surface area contributed by atoms with Gasteiger partial charge >= 0.3 is 0 Å². The van der Waals surface area contributed by atoms with E-state index >= 15 is 0 Å². The van der Waals surface area contributed by atoms with Gasteiger partial charge in [-0.25, -0.2) is 0 Å². The van der Waals surface area contributed by atoms with Crippen LogP contribution in [0.2, 0.25) is 0 Å². The van der Waals surface area contributed by atoms with Gasteiger partial charge in [-0.05, 0) is 78.9 Å². The summed E-state index contributed by atoms with van der Waals surface area (Å²) >= 11 is 1.47. The SMILES string of the molecule is C.OC1[C@@H](OC2[C@@H](OC3[C@@H](OC4[C@@H](Sc5ccccc5)OC(COCc5ccccc5)[C@@H](OCc5ccccc5)[C@H]4OCc4ccccc4)OC(COCc4ccccc4)[C@@H](OCc4ccccc4)[C@H]3OCc3ccccc3)OC(COCc3ccccc3)[C@@H](OCc3ccccc3)[C@H]2OCc2ccccc2)OC(COCc2ccccc2)[C@@H](OCc2ccccc2)[C@H]1OCc1ccccc1.[2HH].[B]. The fourth-order valence-electron chi connectivity index (χ4n) is 17.2. The van der Waals surface area contributed by atoms with Crippen LogP contribution in [0, 0.1) is 0 Å². The highest BCUT2D eigenvalue weighted by Gasteiger charge is 2.60. The minimum Gasteiger partial charge on any atom is -0.385 e. The van der Waals surface area contributed by atoms with Crippen LogP contribution in [0.3, 0.4) is 0 Å². The van der Waals surface area contributed by atoms with Gasteiger partial charge in [0.05, 0.1) is 106 Å². The molecule has 0 bridgehead atoms. The van der Waals surface area contributed by atoms with Crippen LogP contribution in [0.1, 0.15) is 75.6 Å². The van der Waals surface area contributed by atoms with Gasteiger partial charge in [-0.2, -0.15) is 0 Å². The topological polar surface area (TPSA) is 196 Å². The summed E-state index contributed by atoms with van der Waals surface area (Å²) in [5.41, 5.74) is 9.80. The van der Waals surface area contributed by atoms with Crippen molar-refractivity contribution in [3.8, 4) is 0 Å². The van der Waals surface area contributed by atoms with Crippen molar-refractivity contribution in [3.63, 3.8) is 0 Å². The van der Waals surface area contributed by atoms with Crippen molar-refractivity contribution in [1.82, 2.24) is 0 Å². The number of hydrogen-bond donors (Lipinski definition) is 1. The molecule has 137 heavy (non-hydrogen) atoms. The van der Waals surface area contributed by atoms with Crippen molar-refractivity contribution >= 4 is 20.2 Å². The van der Waals surface area contributed by atoms with E-state index in [-0.39, 0.29) is 123 Å². The normalized spacial score (nSPS) is 24.8. The first kappa shape index (κ1) is 101. The largest absolute Gasteiger partial charge is 0.385 e. The average molecular weight is 1870 g/mol. The maximum absolute atomic E-state index is 13.9. The van der Waals surface area contributed by atoms with Crippen molar-refractivity contribution in [2.75, 3.05) is 26.4 Å². The quantitative estimate of drug-likeness (QED) is 0.0353. The second-order valence-electron chi connectivity index (χ2n) is 34.0. The van der Waals surface area contributed by atoms with E-state index in [1.54, 1.807) is 0 Å². The number of hydrogen-bond acceptors (Lipinski definition) is 21. The molecule has 13 aromatic rings. The standard InChI is InChI=1S/C114H118O20S.CH4.B.H2/c115-99-104(124-74-90-56-30-9-31-57-90)100(120-70-86-48-22-5-23-49-86)95(78-116-66-82-40-14-1-15-41-82)128-111(99)132-108-105(125-75-91-58-32-10-33-59-91)101(121-71-87-50-24-6-25-51-87)96(79-117-67-83-42-16-2-17-43-83)129-112(108)133-109-106(126-76-92-60-34-11-35-61-92)102(122-72-88-52-26-7-27-53-88)97(80-118-68-84-44-18-3-19-45-84)130-113(109)134-110-107(127-77-93-62-36-12-37-63-93)103(123-73-89-54-28-8-29-55-89)98(81-119-69-85-46-20-4-21-47-85)131-114(110)135-94-64-38-13-39-65-94;;;/h1-65,95-115H,66-81H2;1H4;;1H/t95?,96?,97?,98?,99?,100-,101-,102-,103-,104+,105-,106-,107-,108?,109?,110?,111-,112-,113-,114-;;;/m1.../s1/i;;;1+1. The first-order chi connectivity index (χ1) is 66.9. The molecule has 0 aromatic heterocycles. The lowest BCUT2D eigenvalue weighted by Gasteiger charge is -2.52. The van der Waals surface area contributed by atoms with Crippen LogP contribution in [0.5, 0.6) is 0 Å². The summed E-state index contributed by atoms with van der Waals surface area (Å²) in [6.07, 6.45) is -22.9. The zero-order chi connectivity index (χ0) is 91.5. The fraction of sp³-hybridized carbons (Fsp3) is 0.322. The highest BCUT2D eigenvalue weighted by atomic mass is 32.2. The van der Waals surface area contributed by atoms with E-state index in [2.05, 4.69) is 0 Å². The lowest BCUT2D eigenvalue weighted by Crippen LogP contribution is -2.69. The summed E-state index contributed by atoms with van der Waals surface area (Å²) in [6.45, 7) is 1.47. The van der Waals surface area contributed by atoms with Crippen LogP contribution in [-0.2, 0) is 169 Å². The molecule has 0 spiro atoms. The molecule has 4 aliphatic heterocycles. The monoisotopic (exact) mass is 1870 g/mol. The van der Waals surface area contributed by atoms with E-state index in [1.165, 1.54) is 11.8 Å². The molecule has 713 valence electrons. The van der Waals surface area contributed by atoms with Gasteiger partial charge in [0, 0.05) is 14.7 Å². The molecule has 1 N–H and O–H groups in total. The average Bonchev–Trinajstić information content (AvgIpc) is 0.755. The third-order valence-electron chi connectivity index (χ3n) is 24.1. The van der Waals surface area contributed by atoms with Crippen molar-refractivity contribution < 1.29 is 96.5 Å². The molecule has 20 atom stereocenters. The zero-order valence-corrected chi connectivity index (χ0v) is 76.9. The van der Waals surface area contributed by atoms with Crippen LogP contribution < -0.4 is 0 Å². The van der Waals surface area contributed by atoms with Gasteiger partial charge in [-0.15, -0.1) is 0 Å². The van der Waals surface area contributed by atoms with Crippen LogP contribution in [0.15, 0.2) is 399 Å². The van der Waals surface area contributed by atoms with Crippen LogP contribution in [-0.4, -0.2) is 162 Å². The predicted octanol–water partition coefficient (Wildman–Crippen LogP) is 20.2. The molecule has 20 nitrogen and oxygen atoms in total. The third kappa shape index (κ3) is 29.8. The maximum atomic E-state index is 13.9. The Kier molecular flexibility index (Phi) is 39.9. The fourth-order valence-corrected chi connectivity index (χ4v) is 18.3. The molecule has 4 fully saturated rings. The number of benzene rings is 13. The molecule has 22 heteroatoms. The van der Waals surface area contributed by atoms with E-state index in [9.17, 15) is 5.11 Å². The predicted molar refractivity (Wildman–Crippen MR) is 527 cm³/mol. The maximum Gasteiger partial charge on any atom is 0.187 e. The van der Waals surface area contributed by atoms with Crippen LogP contribution in [0.25, 0.3) is 0 Å². The molecule has 17 rings (SSSR count). The molecule has 3 radical (unpaired) electrons. The summed E-state index contributed by atoms with van der Waals surface area (Å²) in [6, 6.07) is 130. The molecular formula is C115H124BO20S. The number of thioether (sulfide) groups is 1. The summed E-state index contributed by atoms with van der Waals surface area (Å²) in [4.78, 5) is 0.870. The van der Waals surface area contributed by atoms with Gasteiger partial charge < -0.3 is 95.1 Å². The van der Waals surface area contributed by atoms with Gasteiger partial charge in [0.25, 0.3) is 0 Å². The first-order valence-electron chi connectivity index (χ1n) is 46.6. The molecule has 0 saturated carbocycles. The summed E-state index contributed by atoms with van der Waals surface area (Å²) in [7, 11) is 0.